The lowest BCUT2D eigenvalue weighted by atomic mass is 10.0. The van der Waals surface area contributed by atoms with Gasteiger partial charge in [-0.05, 0) is 39.5 Å². The number of carbonyl (C=O) groups excluding carboxylic acids is 1. The average Bonchev–Trinajstić information content (AvgIpc) is 2.99. The Labute approximate surface area is 246 Å². The molecule has 7 heteroatoms. The van der Waals surface area contributed by atoms with Gasteiger partial charge in [0.25, 0.3) is 8.32 Å². The number of esters is 1. The Balaban J connectivity index is 1.89. The van der Waals surface area contributed by atoms with E-state index in [4.69, 9.17) is 23.4 Å². The number of ether oxygens (including phenoxy) is 4. The molecule has 0 radical (unpaired) electrons. The summed E-state index contributed by atoms with van der Waals surface area (Å²) in [6, 6.07) is 27.0. The van der Waals surface area contributed by atoms with E-state index in [1.165, 1.54) is 23.6 Å². The third kappa shape index (κ3) is 8.09. The zero-order valence-corrected chi connectivity index (χ0v) is 26.4. The molecule has 0 amide bonds. The predicted molar refractivity (Wildman–Crippen MR) is 167 cm³/mol. The summed E-state index contributed by atoms with van der Waals surface area (Å²) in [4.78, 5) is 11.8. The van der Waals surface area contributed by atoms with Gasteiger partial charge in [0.05, 0.1) is 34.0 Å². The van der Waals surface area contributed by atoms with Crippen LogP contribution in [-0.4, -0.2) is 48.3 Å². The highest BCUT2D eigenvalue weighted by molar-refractivity contribution is 6.99. The van der Waals surface area contributed by atoms with Gasteiger partial charge in [-0.3, -0.25) is 0 Å². The zero-order chi connectivity index (χ0) is 29.9. The molecule has 6 nitrogen and oxygen atoms in total. The molecule has 0 spiro atoms. The van der Waals surface area contributed by atoms with Crippen LogP contribution in [-0.2, 0) is 25.3 Å². The van der Waals surface area contributed by atoms with Crippen LogP contribution in [0.3, 0.4) is 0 Å². The number of methoxy groups -OCH3 is 3. The monoisotopic (exact) mass is 576 g/mol. The van der Waals surface area contributed by atoms with E-state index in [-0.39, 0.29) is 23.0 Å². The molecule has 0 aromatic heterocycles. The smallest absolute Gasteiger partial charge is 0.330 e. The van der Waals surface area contributed by atoms with Crippen LogP contribution in [0.2, 0.25) is 5.04 Å². The van der Waals surface area contributed by atoms with E-state index in [1.807, 2.05) is 36.4 Å². The number of hydrogen-bond donors (Lipinski definition) is 0. The second-order valence-corrected chi connectivity index (χ2v) is 15.5. The number of rotatable bonds is 14. The predicted octanol–water partition coefficient (Wildman–Crippen LogP) is 5.92. The van der Waals surface area contributed by atoms with Crippen molar-refractivity contribution in [1.29, 1.82) is 0 Å². The lowest BCUT2D eigenvalue weighted by molar-refractivity contribution is -0.134. The summed E-state index contributed by atoms with van der Waals surface area (Å²) in [5.41, 5.74) is 0.963. The molecule has 0 N–H and O–H groups in total. The maximum absolute atomic E-state index is 11.8. The first-order valence-electron chi connectivity index (χ1n) is 14.0. The maximum Gasteiger partial charge on any atom is 0.330 e. The standard InChI is InChI=1S/C34H44O6Si/c1-26(24-40-41(34(2,3)4,28-15-10-8-11-16-28)29-17-12-9-13-18-29)30(19-14-20-33(35)38-7)39-25-27-21-22-31(36-5)32(23-27)37-6/h8-18,20-23,26,30H,19,24-25H2,1-7H3/b20-14+/t26-,30-/m1/s1. The van der Waals surface area contributed by atoms with Crippen LogP contribution in [0.4, 0.5) is 0 Å². The van der Waals surface area contributed by atoms with E-state index in [0.717, 1.165) is 5.56 Å². The summed E-state index contributed by atoms with van der Waals surface area (Å²) in [6.07, 6.45) is 3.59. The molecule has 0 heterocycles. The lowest BCUT2D eigenvalue weighted by Gasteiger charge is -2.44. The van der Waals surface area contributed by atoms with Gasteiger partial charge in [-0.15, -0.1) is 0 Å². The van der Waals surface area contributed by atoms with E-state index >= 15 is 0 Å². The second kappa shape index (κ2) is 15.0. The summed E-state index contributed by atoms with van der Waals surface area (Å²) >= 11 is 0. The molecule has 0 aliphatic carbocycles. The molecule has 41 heavy (non-hydrogen) atoms. The highest BCUT2D eigenvalue weighted by atomic mass is 28.4. The minimum absolute atomic E-state index is 0.0269. The molecular formula is C34H44O6Si. The molecule has 0 aliphatic heterocycles. The van der Waals surface area contributed by atoms with E-state index < -0.39 is 8.32 Å². The summed E-state index contributed by atoms with van der Waals surface area (Å²) in [5.74, 6) is 0.957. The normalized spacial score (nSPS) is 13.5. The van der Waals surface area contributed by atoms with Gasteiger partial charge < -0.3 is 23.4 Å². The highest BCUT2D eigenvalue weighted by Gasteiger charge is 2.50. The van der Waals surface area contributed by atoms with Crippen LogP contribution in [0, 0.1) is 5.92 Å². The fourth-order valence-electron chi connectivity index (χ4n) is 5.13. The fraction of sp³-hybridized carbons (Fsp3) is 0.382. The summed E-state index contributed by atoms with van der Waals surface area (Å²) in [5, 5.41) is 2.34. The topological polar surface area (TPSA) is 63.2 Å². The minimum atomic E-state index is -2.70. The largest absolute Gasteiger partial charge is 0.493 e. The molecule has 3 aromatic carbocycles. The van der Waals surface area contributed by atoms with Gasteiger partial charge in [0.1, 0.15) is 0 Å². The Morgan fingerprint density at radius 2 is 1.44 bits per heavy atom. The molecular weight excluding hydrogens is 532 g/mol. The second-order valence-electron chi connectivity index (χ2n) is 11.2. The van der Waals surface area contributed by atoms with Crippen molar-refractivity contribution in [1.82, 2.24) is 0 Å². The Morgan fingerprint density at radius 1 is 0.854 bits per heavy atom. The number of carbonyl (C=O) groups is 1. The van der Waals surface area contributed by atoms with Crippen molar-refractivity contribution in [2.45, 2.75) is 51.9 Å². The van der Waals surface area contributed by atoms with Crippen LogP contribution >= 0.6 is 0 Å². The van der Waals surface area contributed by atoms with Gasteiger partial charge in [0, 0.05) is 18.6 Å². The molecule has 0 unspecified atom stereocenters. The van der Waals surface area contributed by atoms with Crippen molar-refractivity contribution >= 4 is 24.7 Å². The minimum Gasteiger partial charge on any atom is -0.493 e. The van der Waals surface area contributed by atoms with Crippen LogP contribution in [0.1, 0.15) is 39.7 Å². The Kier molecular flexibility index (Phi) is 11.8. The zero-order valence-electron chi connectivity index (χ0n) is 25.4. The molecule has 3 rings (SSSR count). The third-order valence-corrected chi connectivity index (χ3v) is 12.4. The summed E-state index contributed by atoms with van der Waals surface area (Å²) < 4.78 is 29.3. The summed E-state index contributed by atoms with van der Waals surface area (Å²) in [7, 11) is 1.91. The maximum atomic E-state index is 11.8. The molecule has 0 aliphatic rings. The van der Waals surface area contributed by atoms with Gasteiger partial charge in [-0.1, -0.05) is 101 Å². The van der Waals surface area contributed by atoms with Crippen LogP contribution < -0.4 is 19.8 Å². The van der Waals surface area contributed by atoms with E-state index in [1.54, 1.807) is 14.2 Å². The van der Waals surface area contributed by atoms with E-state index in [0.29, 0.717) is 31.1 Å². The Morgan fingerprint density at radius 3 is 1.95 bits per heavy atom. The Hall–Kier alpha value is -3.39. The molecule has 220 valence electrons. The van der Waals surface area contributed by atoms with Crippen LogP contribution in [0.15, 0.2) is 91.0 Å². The average molecular weight is 577 g/mol. The molecule has 0 saturated heterocycles. The highest BCUT2D eigenvalue weighted by Crippen LogP contribution is 2.37. The van der Waals surface area contributed by atoms with Crippen molar-refractivity contribution < 1.29 is 28.2 Å². The van der Waals surface area contributed by atoms with Crippen molar-refractivity contribution in [2.75, 3.05) is 27.9 Å². The summed E-state index contributed by atoms with van der Waals surface area (Å²) in [6.45, 7) is 9.83. The Bertz CT molecular complexity index is 1210. The van der Waals surface area contributed by atoms with Crippen molar-refractivity contribution in [3.05, 3.63) is 96.6 Å². The van der Waals surface area contributed by atoms with E-state index in [2.05, 4.69) is 76.2 Å². The number of hydrogen-bond acceptors (Lipinski definition) is 6. The van der Waals surface area contributed by atoms with Gasteiger partial charge in [-0.25, -0.2) is 4.79 Å². The van der Waals surface area contributed by atoms with E-state index in [9.17, 15) is 4.79 Å². The molecule has 3 aromatic rings. The van der Waals surface area contributed by atoms with Crippen molar-refractivity contribution in [3.8, 4) is 11.5 Å². The number of benzene rings is 3. The quantitative estimate of drug-likeness (QED) is 0.135. The van der Waals surface area contributed by atoms with Gasteiger partial charge in [-0.2, -0.15) is 0 Å². The first-order chi connectivity index (χ1) is 19.7. The SMILES string of the molecule is COC(=O)/C=C/C[C@@H](OCc1ccc(OC)c(OC)c1)[C@H](C)CO[Si](c1ccccc1)(c1ccccc1)C(C)(C)C. The molecule has 2 atom stereocenters. The first kappa shape index (κ1) is 32.1. The van der Waals surface area contributed by atoms with Crippen LogP contribution in [0.25, 0.3) is 0 Å². The lowest BCUT2D eigenvalue weighted by Crippen LogP contribution is -2.67. The molecule has 0 fully saturated rings. The van der Waals surface area contributed by atoms with Gasteiger partial charge >= 0.3 is 5.97 Å². The van der Waals surface area contributed by atoms with Gasteiger partial charge in [0.2, 0.25) is 0 Å². The van der Waals surface area contributed by atoms with Gasteiger partial charge in [0.15, 0.2) is 11.5 Å². The van der Waals surface area contributed by atoms with Crippen LogP contribution in [0.5, 0.6) is 11.5 Å². The fourth-order valence-corrected chi connectivity index (χ4v) is 9.80. The molecule has 0 bridgehead atoms. The van der Waals surface area contributed by atoms with Crippen molar-refractivity contribution in [3.63, 3.8) is 0 Å². The van der Waals surface area contributed by atoms with Crippen molar-refractivity contribution in [2.24, 2.45) is 5.92 Å². The first-order valence-corrected chi connectivity index (χ1v) is 15.9. The third-order valence-electron chi connectivity index (χ3n) is 7.35. The molecule has 0 saturated carbocycles.